The Hall–Kier alpha value is -2.37. The molecule has 20 heavy (non-hydrogen) atoms. The molecule has 0 aliphatic rings. The number of rotatable bonds is 4. The average Bonchev–Trinajstić information content (AvgIpc) is 2.37. The summed E-state index contributed by atoms with van der Waals surface area (Å²) >= 11 is 0. The highest BCUT2D eigenvalue weighted by molar-refractivity contribution is 5.75. The molecule has 3 N–H and O–H groups in total. The predicted molar refractivity (Wildman–Crippen MR) is 74.9 cm³/mol. The van der Waals surface area contributed by atoms with Crippen molar-refractivity contribution >= 4 is 17.0 Å². The number of carboxylic acids is 1. The molecule has 0 amide bonds. The fourth-order valence-electron chi connectivity index (χ4n) is 1.88. The van der Waals surface area contributed by atoms with E-state index in [1.54, 1.807) is 26.0 Å². The van der Waals surface area contributed by atoms with E-state index in [4.69, 9.17) is 5.11 Å². The number of benzene rings is 1. The minimum atomic E-state index is -0.837. The molecule has 6 nitrogen and oxygen atoms in total. The number of aryl methyl sites for hydroxylation is 1. The Bertz CT molecular complexity index is 771. The third kappa shape index (κ3) is 2.79. The summed E-state index contributed by atoms with van der Waals surface area (Å²) in [7, 11) is 0. The third-order valence-electron chi connectivity index (χ3n) is 3.40. The van der Waals surface area contributed by atoms with E-state index in [2.05, 4.69) is 9.97 Å². The van der Waals surface area contributed by atoms with Crippen LogP contribution in [0.4, 0.5) is 0 Å². The Balaban J connectivity index is 2.29. The number of carboxylic acid groups (broad SMARTS) is 1. The number of hydrogen-bond acceptors (Lipinski definition) is 3. The topological polar surface area (TPSA) is 103 Å². The number of hydrogen-bond donors (Lipinski definition) is 3. The molecule has 0 unspecified atom stereocenters. The van der Waals surface area contributed by atoms with Gasteiger partial charge in [-0.25, -0.2) is 0 Å². The average molecular weight is 276 g/mol. The maximum Gasteiger partial charge on any atom is 0.314 e. The van der Waals surface area contributed by atoms with E-state index in [-0.39, 0.29) is 0 Å². The van der Waals surface area contributed by atoms with Gasteiger partial charge in [0.1, 0.15) is 0 Å². The van der Waals surface area contributed by atoms with Crippen LogP contribution in [0.3, 0.4) is 0 Å². The van der Waals surface area contributed by atoms with Crippen LogP contribution in [0.1, 0.15) is 25.8 Å². The quantitative estimate of drug-likeness (QED) is 0.731. The van der Waals surface area contributed by atoms with Gasteiger partial charge in [0.25, 0.3) is 0 Å². The number of nitrogens with one attached hydrogen (secondary N) is 2. The van der Waals surface area contributed by atoms with Crippen LogP contribution in [0.2, 0.25) is 0 Å². The van der Waals surface area contributed by atoms with Crippen molar-refractivity contribution in [1.82, 2.24) is 9.97 Å². The zero-order valence-electron chi connectivity index (χ0n) is 11.3. The summed E-state index contributed by atoms with van der Waals surface area (Å²) in [6, 6.07) is 5.27. The second-order valence-electron chi connectivity index (χ2n) is 5.48. The van der Waals surface area contributed by atoms with Crippen LogP contribution in [0.5, 0.6) is 0 Å². The third-order valence-corrected chi connectivity index (χ3v) is 3.40. The zero-order chi connectivity index (χ0) is 14.9. The van der Waals surface area contributed by atoms with Crippen molar-refractivity contribution < 1.29 is 9.90 Å². The first kappa shape index (κ1) is 14.0. The summed E-state index contributed by atoms with van der Waals surface area (Å²) in [5.41, 5.74) is -0.170. The summed E-state index contributed by atoms with van der Waals surface area (Å²) in [4.78, 5) is 38.5. The Labute approximate surface area is 114 Å². The summed E-state index contributed by atoms with van der Waals surface area (Å²) in [5, 5.41) is 9.07. The first-order chi connectivity index (χ1) is 9.29. The highest BCUT2D eigenvalue weighted by atomic mass is 16.4. The minimum absolute atomic E-state index is 0.488. The van der Waals surface area contributed by atoms with E-state index >= 15 is 0 Å². The molecule has 0 spiro atoms. The lowest BCUT2D eigenvalue weighted by Gasteiger charge is -2.18. The smallest absolute Gasteiger partial charge is 0.314 e. The van der Waals surface area contributed by atoms with Gasteiger partial charge in [-0.15, -0.1) is 0 Å². The van der Waals surface area contributed by atoms with Crippen molar-refractivity contribution in [1.29, 1.82) is 0 Å². The lowest BCUT2D eigenvalue weighted by Crippen LogP contribution is -2.28. The SMILES string of the molecule is CC(C)(CCc1ccc2[nH]c(=O)c(=O)[nH]c2c1)C(=O)O. The Morgan fingerprint density at radius 2 is 1.75 bits per heavy atom. The van der Waals surface area contributed by atoms with Crippen molar-refractivity contribution in [2.24, 2.45) is 5.41 Å². The van der Waals surface area contributed by atoms with Crippen molar-refractivity contribution in [2.75, 3.05) is 0 Å². The highest BCUT2D eigenvalue weighted by Gasteiger charge is 2.26. The molecule has 0 fully saturated rings. The first-order valence-corrected chi connectivity index (χ1v) is 6.28. The van der Waals surface area contributed by atoms with Gasteiger partial charge in [0.05, 0.1) is 16.4 Å². The highest BCUT2D eigenvalue weighted by Crippen LogP contribution is 2.23. The Morgan fingerprint density at radius 1 is 1.15 bits per heavy atom. The lowest BCUT2D eigenvalue weighted by molar-refractivity contribution is -0.147. The molecular formula is C14H16N2O4. The van der Waals surface area contributed by atoms with Crippen LogP contribution < -0.4 is 11.1 Å². The van der Waals surface area contributed by atoms with Gasteiger partial charge in [0.2, 0.25) is 0 Å². The number of aliphatic carboxylic acids is 1. The van der Waals surface area contributed by atoms with Crippen molar-refractivity contribution in [3.8, 4) is 0 Å². The van der Waals surface area contributed by atoms with Gasteiger partial charge < -0.3 is 15.1 Å². The van der Waals surface area contributed by atoms with Crippen LogP contribution in [-0.4, -0.2) is 21.0 Å². The molecule has 0 bridgehead atoms. The molecule has 106 valence electrons. The molecule has 0 saturated carbocycles. The van der Waals surface area contributed by atoms with Crippen molar-refractivity contribution in [3.63, 3.8) is 0 Å². The Morgan fingerprint density at radius 3 is 2.35 bits per heavy atom. The van der Waals surface area contributed by atoms with E-state index in [1.165, 1.54) is 0 Å². The molecule has 0 atom stereocenters. The van der Waals surface area contributed by atoms with Crippen molar-refractivity contribution in [2.45, 2.75) is 26.7 Å². The van der Waals surface area contributed by atoms with Gasteiger partial charge in [0.15, 0.2) is 0 Å². The minimum Gasteiger partial charge on any atom is -0.481 e. The van der Waals surface area contributed by atoms with Crippen LogP contribution in [-0.2, 0) is 11.2 Å². The maximum absolute atomic E-state index is 11.3. The van der Waals surface area contributed by atoms with E-state index in [1.807, 2.05) is 6.07 Å². The predicted octanol–water partition coefficient (Wildman–Crippen LogP) is 1.26. The van der Waals surface area contributed by atoms with Crippen LogP contribution in [0, 0.1) is 5.41 Å². The van der Waals surface area contributed by atoms with E-state index in [0.717, 1.165) is 5.56 Å². The fraction of sp³-hybridized carbons (Fsp3) is 0.357. The molecule has 0 aliphatic carbocycles. The molecule has 0 radical (unpaired) electrons. The monoisotopic (exact) mass is 276 g/mol. The van der Waals surface area contributed by atoms with E-state index < -0.39 is 22.5 Å². The molecular weight excluding hydrogens is 260 g/mol. The van der Waals surface area contributed by atoms with Gasteiger partial charge in [-0.05, 0) is 44.4 Å². The molecule has 2 aromatic rings. The molecule has 0 aliphatic heterocycles. The molecule has 0 saturated heterocycles. The molecule has 6 heteroatoms. The summed E-state index contributed by atoms with van der Waals surface area (Å²) in [5.74, 6) is -0.837. The molecule has 1 heterocycles. The number of carbonyl (C=O) groups is 1. The second kappa shape index (κ2) is 4.96. The van der Waals surface area contributed by atoms with Crippen LogP contribution >= 0.6 is 0 Å². The number of H-pyrrole nitrogens is 2. The van der Waals surface area contributed by atoms with Gasteiger partial charge in [-0.3, -0.25) is 14.4 Å². The zero-order valence-corrected chi connectivity index (χ0v) is 11.3. The largest absolute Gasteiger partial charge is 0.481 e. The van der Waals surface area contributed by atoms with Crippen LogP contribution in [0.25, 0.3) is 11.0 Å². The van der Waals surface area contributed by atoms with Crippen LogP contribution in [0.15, 0.2) is 27.8 Å². The normalized spacial score (nSPS) is 11.7. The number of aromatic nitrogens is 2. The summed E-state index contributed by atoms with van der Waals surface area (Å²) in [6.45, 7) is 3.35. The molecule has 1 aromatic heterocycles. The standard InChI is InChI=1S/C14H16N2O4/c1-14(2,13(19)20)6-5-8-3-4-9-10(7-8)16-12(18)11(17)15-9/h3-4,7H,5-6H2,1-2H3,(H,15,17)(H,16,18)(H,19,20). The summed E-state index contributed by atoms with van der Waals surface area (Å²) < 4.78 is 0. The van der Waals surface area contributed by atoms with E-state index in [9.17, 15) is 14.4 Å². The first-order valence-electron chi connectivity index (χ1n) is 6.28. The molecule has 2 rings (SSSR count). The Kier molecular flexibility index (Phi) is 3.48. The maximum atomic E-state index is 11.3. The second-order valence-corrected chi connectivity index (χ2v) is 5.48. The lowest BCUT2D eigenvalue weighted by atomic mass is 9.86. The summed E-state index contributed by atoms with van der Waals surface area (Å²) in [6.07, 6.45) is 1.07. The van der Waals surface area contributed by atoms with Gasteiger partial charge in [0, 0.05) is 0 Å². The number of aromatic amines is 2. The van der Waals surface area contributed by atoms with Crippen molar-refractivity contribution in [3.05, 3.63) is 44.5 Å². The van der Waals surface area contributed by atoms with Gasteiger partial charge >= 0.3 is 17.1 Å². The number of fused-ring (bicyclic) bond motifs is 1. The van der Waals surface area contributed by atoms with Gasteiger partial charge in [-0.2, -0.15) is 0 Å². The molecule has 1 aromatic carbocycles. The fourth-order valence-corrected chi connectivity index (χ4v) is 1.88. The van der Waals surface area contributed by atoms with E-state index in [0.29, 0.717) is 23.9 Å². The van der Waals surface area contributed by atoms with Gasteiger partial charge in [-0.1, -0.05) is 6.07 Å².